The van der Waals surface area contributed by atoms with E-state index in [0.29, 0.717) is 6.54 Å². The molecule has 0 saturated carbocycles. The number of nitrogens with one attached hydrogen (secondary N) is 1. The number of hydrogen-bond acceptors (Lipinski definition) is 2. The number of benzene rings is 1. The zero-order valence-corrected chi connectivity index (χ0v) is 11.7. The van der Waals surface area contributed by atoms with E-state index in [9.17, 15) is 9.59 Å². The van der Waals surface area contributed by atoms with E-state index in [1.54, 1.807) is 13.8 Å². The Bertz CT molecular complexity index is 466. The highest BCUT2D eigenvalue weighted by Crippen LogP contribution is 2.20. The summed E-state index contributed by atoms with van der Waals surface area (Å²) in [5.41, 5.74) is 1.24. The molecular formula is C15H21NO3. The number of aryl methyl sites for hydroxylation is 1. The summed E-state index contributed by atoms with van der Waals surface area (Å²) in [6.45, 7) is 5.61. The molecular weight excluding hydrogens is 242 g/mol. The van der Waals surface area contributed by atoms with Crippen molar-refractivity contribution in [1.29, 1.82) is 0 Å². The van der Waals surface area contributed by atoms with E-state index in [4.69, 9.17) is 5.11 Å². The van der Waals surface area contributed by atoms with Crippen LogP contribution in [-0.4, -0.2) is 17.0 Å². The first-order chi connectivity index (χ1) is 8.86. The van der Waals surface area contributed by atoms with Crippen LogP contribution in [0, 0.1) is 5.41 Å². The lowest BCUT2D eigenvalue weighted by Gasteiger charge is -2.18. The minimum absolute atomic E-state index is 0.0172. The van der Waals surface area contributed by atoms with Crippen molar-refractivity contribution < 1.29 is 14.7 Å². The maximum absolute atomic E-state index is 11.8. The summed E-state index contributed by atoms with van der Waals surface area (Å²) < 4.78 is 0. The highest BCUT2D eigenvalue weighted by Gasteiger charge is 2.29. The second-order valence-corrected chi connectivity index (χ2v) is 5.26. The van der Waals surface area contributed by atoms with Crippen LogP contribution in [0.1, 0.15) is 38.3 Å². The van der Waals surface area contributed by atoms with Crippen LogP contribution in [0.25, 0.3) is 0 Å². The highest BCUT2D eigenvalue weighted by molar-refractivity contribution is 5.84. The fourth-order valence-electron chi connectivity index (χ4n) is 1.81. The maximum atomic E-state index is 11.8. The molecule has 0 bridgehead atoms. The smallest absolute Gasteiger partial charge is 0.309 e. The summed E-state index contributed by atoms with van der Waals surface area (Å²) in [7, 11) is 0. The molecule has 0 aliphatic rings. The average Bonchev–Trinajstić information content (AvgIpc) is 2.36. The molecule has 0 aliphatic heterocycles. The molecule has 1 amide bonds. The topological polar surface area (TPSA) is 66.4 Å². The van der Waals surface area contributed by atoms with E-state index >= 15 is 0 Å². The summed E-state index contributed by atoms with van der Waals surface area (Å²) in [5, 5.41) is 11.8. The average molecular weight is 263 g/mol. The summed E-state index contributed by atoms with van der Waals surface area (Å²) in [4.78, 5) is 22.7. The van der Waals surface area contributed by atoms with Gasteiger partial charge in [-0.25, -0.2) is 0 Å². The van der Waals surface area contributed by atoms with E-state index in [2.05, 4.69) is 12.2 Å². The van der Waals surface area contributed by atoms with Crippen molar-refractivity contribution in [3.8, 4) is 0 Å². The number of amides is 1. The van der Waals surface area contributed by atoms with Crippen molar-refractivity contribution in [2.45, 2.75) is 40.2 Å². The first-order valence-corrected chi connectivity index (χ1v) is 6.43. The normalized spacial score (nSPS) is 11.1. The van der Waals surface area contributed by atoms with Crippen molar-refractivity contribution in [1.82, 2.24) is 5.32 Å². The molecule has 0 saturated heterocycles. The number of carboxylic acids is 1. The molecule has 0 aliphatic carbocycles. The van der Waals surface area contributed by atoms with Crippen LogP contribution < -0.4 is 5.32 Å². The number of carbonyl (C=O) groups is 2. The van der Waals surface area contributed by atoms with Crippen LogP contribution >= 0.6 is 0 Å². The Labute approximate surface area is 113 Å². The predicted octanol–water partition coefficient (Wildman–Crippen LogP) is 2.37. The van der Waals surface area contributed by atoms with Gasteiger partial charge in [0.05, 0.1) is 5.41 Å². The summed E-state index contributed by atoms with van der Waals surface area (Å²) in [6.07, 6.45) is 0.892. The minimum atomic E-state index is -1.03. The fourth-order valence-corrected chi connectivity index (χ4v) is 1.81. The van der Waals surface area contributed by atoms with Gasteiger partial charge in [0.25, 0.3) is 0 Å². The number of aliphatic carboxylic acids is 1. The zero-order chi connectivity index (χ0) is 14.5. The molecule has 0 unspecified atom stereocenters. The van der Waals surface area contributed by atoms with Crippen molar-refractivity contribution in [3.05, 3.63) is 35.4 Å². The summed E-state index contributed by atoms with van der Waals surface area (Å²) in [6, 6.07) is 7.91. The van der Waals surface area contributed by atoms with Gasteiger partial charge in [-0.05, 0) is 31.4 Å². The van der Waals surface area contributed by atoms with Gasteiger partial charge in [0, 0.05) is 13.0 Å². The quantitative estimate of drug-likeness (QED) is 0.828. The molecule has 104 valence electrons. The molecule has 0 radical (unpaired) electrons. The van der Waals surface area contributed by atoms with Gasteiger partial charge in [-0.2, -0.15) is 0 Å². The van der Waals surface area contributed by atoms with Crippen LogP contribution in [0.15, 0.2) is 24.3 Å². The van der Waals surface area contributed by atoms with Crippen LogP contribution in [0.3, 0.4) is 0 Å². The number of rotatable bonds is 6. The van der Waals surface area contributed by atoms with E-state index < -0.39 is 11.4 Å². The monoisotopic (exact) mass is 263 g/mol. The van der Waals surface area contributed by atoms with Gasteiger partial charge in [0.15, 0.2) is 0 Å². The Morgan fingerprint density at radius 3 is 2.32 bits per heavy atom. The third kappa shape index (κ3) is 4.39. The molecule has 0 heterocycles. The fraction of sp³-hybridized carbons (Fsp3) is 0.467. The second kappa shape index (κ2) is 6.36. The van der Waals surface area contributed by atoms with Crippen molar-refractivity contribution >= 4 is 11.9 Å². The maximum Gasteiger partial charge on any atom is 0.309 e. The van der Waals surface area contributed by atoms with Gasteiger partial charge >= 0.3 is 5.97 Å². The van der Waals surface area contributed by atoms with Gasteiger partial charge in [-0.3, -0.25) is 9.59 Å². The van der Waals surface area contributed by atoms with Gasteiger partial charge in [-0.1, -0.05) is 31.2 Å². The molecule has 4 nitrogen and oxygen atoms in total. The number of hydrogen-bond donors (Lipinski definition) is 2. The lowest BCUT2D eigenvalue weighted by Crippen LogP contribution is -2.33. The molecule has 1 aromatic rings. The van der Waals surface area contributed by atoms with Crippen molar-refractivity contribution in [3.63, 3.8) is 0 Å². The molecule has 0 aromatic heterocycles. The molecule has 19 heavy (non-hydrogen) atoms. The Balaban J connectivity index is 2.58. The summed E-state index contributed by atoms with van der Waals surface area (Å²) >= 11 is 0. The van der Waals surface area contributed by atoms with E-state index in [1.807, 2.05) is 24.3 Å². The van der Waals surface area contributed by atoms with Gasteiger partial charge < -0.3 is 10.4 Å². The lowest BCUT2D eigenvalue weighted by molar-refractivity contribution is -0.149. The van der Waals surface area contributed by atoms with Crippen LogP contribution in [0.2, 0.25) is 0 Å². The molecule has 0 spiro atoms. The minimum Gasteiger partial charge on any atom is -0.481 e. The third-order valence-corrected chi connectivity index (χ3v) is 3.16. The number of carbonyl (C=O) groups excluding carboxylic acids is 1. The van der Waals surface area contributed by atoms with E-state index in [-0.39, 0.29) is 12.3 Å². The lowest BCUT2D eigenvalue weighted by atomic mass is 9.89. The van der Waals surface area contributed by atoms with Gasteiger partial charge in [0.2, 0.25) is 5.91 Å². The molecule has 0 atom stereocenters. The molecule has 0 fully saturated rings. The molecule has 1 rings (SSSR count). The Morgan fingerprint density at radius 2 is 1.79 bits per heavy atom. The standard InChI is InChI=1S/C15H21NO3/c1-4-11-7-5-6-8-12(11)10-16-13(17)9-15(2,3)14(18)19/h5-8H,4,9-10H2,1-3H3,(H,16,17)(H,18,19). The predicted molar refractivity (Wildman–Crippen MR) is 73.7 cm³/mol. The van der Waals surface area contributed by atoms with Crippen molar-refractivity contribution in [2.24, 2.45) is 5.41 Å². The first kappa shape index (κ1) is 15.2. The Morgan fingerprint density at radius 1 is 1.21 bits per heavy atom. The van der Waals surface area contributed by atoms with Crippen LogP contribution in [0.5, 0.6) is 0 Å². The molecule has 4 heteroatoms. The van der Waals surface area contributed by atoms with Gasteiger partial charge in [0.1, 0.15) is 0 Å². The zero-order valence-electron chi connectivity index (χ0n) is 11.7. The highest BCUT2D eigenvalue weighted by atomic mass is 16.4. The SMILES string of the molecule is CCc1ccccc1CNC(=O)CC(C)(C)C(=O)O. The second-order valence-electron chi connectivity index (χ2n) is 5.26. The van der Waals surface area contributed by atoms with Crippen LogP contribution in [0.4, 0.5) is 0 Å². The van der Waals surface area contributed by atoms with Gasteiger partial charge in [-0.15, -0.1) is 0 Å². The Hall–Kier alpha value is -1.84. The number of carboxylic acid groups (broad SMARTS) is 1. The van der Waals surface area contributed by atoms with Crippen molar-refractivity contribution in [2.75, 3.05) is 0 Å². The Kier molecular flexibility index (Phi) is 5.10. The molecule has 1 aromatic carbocycles. The van der Waals surface area contributed by atoms with E-state index in [1.165, 1.54) is 5.56 Å². The largest absolute Gasteiger partial charge is 0.481 e. The third-order valence-electron chi connectivity index (χ3n) is 3.16. The molecule has 2 N–H and O–H groups in total. The van der Waals surface area contributed by atoms with E-state index in [0.717, 1.165) is 12.0 Å². The summed E-state index contributed by atoms with van der Waals surface area (Å²) in [5.74, 6) is -1.20. The first-order valence-electron chi connectivity index (χ1n) is 6.43. The van der Waals surface area contributed by atoms with Crippen LogP contribution in [-0.2, 0) is 22.6 Å².